The standard InChI is InChI=1S/C23H22O4/c1-15-4-2-5-16(12-15)8-9-17-6-3-7-18(13-17)10-11-19-22(26)20(24)14-21(25)23(19)27/h2-7,10-14,24-27H,8-9H2,1H3. The van der Waals surface area contributed by atoms with Crippen molar-refractivity contribution in [2.45, 2.75) is 19.8 Å². The topological polar surface area (TPSA) is 80.9 Å². The number of phenols is 4. The highest BCUT2D eigenvalue weighted by Crippen LogP contribution is 2.42. The Balaban J connectivity index is 1.77. The molecule has 0 aliphatic heterocycles. The third-order valence-corrected chi connectivity index (χ3v) is 4.45. The molecule has 0 saturated carbocycles. The van der Waals surface area contributed by atoms with Gasteiger partial charge >= 0.3 is 0 Å². The summed E-state index contributed by atoms with van der Waals surface area (Å²) in [5.41, 5.74) is 4.57. The Labute approximate surface area is 158 Å². The van der Waals surface area contributed by atoms with Crippen LogP contribution in [0.2, 0.25) is 0 Å². The number of benzene rings is 3. The summed E-state index contributed by atoms with van der Waals surface area (Å²) >= 11 is 0. The van der Waals surface area contributed by atoms with Gasteiger partial charge in [0.2, 0.25) is 0 Å². The van der Waals surface area contributed by atoms with Crippen molar-refractivity contribution in [2.75, 3.05) is 0 Å². The minimum atomic E-state index is -0.489. The predicted octanol–water partition coefficient (Wildman–Crippen LogP) is 4.77. The van der Waals surface area contributed by atoms with Gasteiger partial charge in [-0.3, -0.25) is 0 Å². The molecule has 0 aromatic heterocycles. The predicted molar refractivity (Wildman–Crippen MR) is 107 cm³/mol. The molecule has 0 unspecified atom stereocenters. The van der Waals surface area contributed by atoms with Crippen LogP contribution < -0.4 is 0 Å². The van der Waals surface area contributed by atoms with Crippen molar-refractivity contribution in [3.63, 3.8) is 0 Å². The number of aromatic hydroxyl groups is 4. The summed E-state index contributed by atoms with van der Waals surface area (Å²) in [6.07, 6.45) is 5.01. The van der Waals surface area contributed by atoms with Crippen LogP contribution in [-0.2, 0) is 12.8 Å². The molecule has 4 N–H and O–H groups in total. The Hall–Kier alpha value is -3.40. The first-order valence-corrected chi connectivity index (χ1v) is 8.73. The van der Waals surface area contributed by atoms with Gasteiger partial charge in [-0.1, -0.05) is 60.2 Å². The van der Waals surface area contributed by atoms with Gasteiger partial charge in [0.1, 0.15) is 0 Å². The summed E-state index contributed by atoms with van der Waals surface area (Å²) < 4.78 is 0. The molecule has 0 aliphatic rings. The second-order valence-electron chi connectivity index (χ2n) is 6.59. The minimum Gasteiger partial charge on any atom is -0.504 e. The van der Waals surface area contributed by atoms with Crippen LogP contribution in [0.4, 0.5) is 0 Å². The highest BCUT2D eigenvalue weighted by molar-refractivity contribution is 5.79. The van der Waals surface area contributed by atoms with Crippen LogP contribution in [0.25, 0.3) is 12.2 Å². The van der Waals surface area contributed by atoms with Gasteiger partial charge in [0, 0.05) is 6.07 Å². The zero-order chi connectivity index (χ0) is 19.4. The lowest BCUT2D eigenvalue weighted by Gasteiger charge is -2.07. The van der Waals surface area contributed by atoms with E-state index in [2.05, 4.69) is 37.3 Å². The summed E-state index contributed by atoms with van der Waals surface area (Å²) in [6.45, 7) is 2.08. The first-order valence-electron chi connectivity index (χ1n) is 8.73. The van der Waals surface area contributed by atoms with Gasteiger partial charge in [0.15, 0.2) is 23.0 Å². The Bertz CT molecular complexity index is 963. The average molecular weight is 362 g/mol. The largest absolute Gasteiger partial charge is 0.504 e. The maximum absolute atomic E-state index is 9.90. The minimum absolute atomic E-state index is 0.0299. The average Bonchev–Trinajstić information content (AvgIpc) is 2.65. The number of hydrogen-bond donors (Lipinski definition) is 4. The number of rotatable bonds is 5. The quantitative estimate of drug-likeness (QED) is 0.299. The molecule has 0 atom stereocenters. The molecule has 0 spiro atoms. The molecule has 3 aromatic carbocycles. The van der Waals surface area contributed by atoms with E-state index in [9.17, 15) is 20.4 Å². The molecule has 0 heterocycles. The first-order chi connectivity index (χ1) is 12.9. The summed E-state index contributed by atoms with van der Waals surface area (Å²) in [6, 6.07) is 17.3. The summed E-state index contributed by atoms with van der Waals surface area (Å²) in [4.78, 5) is 0. The third-order valence-electron chi connectivity index (χ3n) is 4.45. The van der Waals surface area contributed by atoms with Crippen molar-refractivity contribution in [2.24, 2.45) is 0 Å². The van der Waals surface area contributed by atoms with Gasteiger partial charge in [-0.25, -0.2) is 0 Å². The highest BCUT2D eigenvalue weighted by atomic mass is 16.3. The Morgan fingerprint density at radius 3 is 1.93 bits per heavy atom. The summed E-state index contributed by atoms with van der Waals surface area (Å²) in [5.74, 6) is -1.93. The molecule has 138 valence electrons. The lowest BCUT2D eigenvalue weighted by molar-refractivity contribution is 0.371. The van der Waals surface area contributed by atoms with Gasteiger partial charge in [-0.2, -0.15) is 0 Å². The summed E-state index contributed by atoms with van der Waals surface area (Å²) in [7, 11) is 0. The van der Waals surface area contributed by atoms with Crippen LogP contribution in [0, 0.1) is 6.92 Å². The monoisotopic (exact) mass is 362 g/mol. The van der Waals surface area contributed by atoms with E-state index in [4.69, 9.17) is 0 Å². The second kappa shape index (κ2) is 7.87. The van der Waals surface area contributed by atoms with Gasteiger partial charge in [-0.15, -0.1) is 0 Å². The second-order valence-corrected chi connectivity index (χ2v) is 6.59. The molecule has 0 bridgehead atoms. The van der Waals surface area contributed by atoms with Crippen LogP contribution in [0.5, 0.6) is 23.0 Å². The highest BCUT2D eigenvalue weighted by Gasteiger charge is 2.14. The van der Waals surface area contributed by atoms with Gasteiger partial charge in [0.05, 0.1) is 5.56 Å². The van der Waals surface area contributed by atoms with Crippen molar-refractivity contribution >= 4 is 12.2 Å². The summed E-state index contributed by atoms with van der Waals surface area (Å²) in [5, 5.41) is 39.0. The molecule has 0 radical (unpaired) electrons. The van der Waals surface area contributed by atoms with E-state index in [1.165, 1.54) is 22.8 Å². The maximum atomic E-state index is 9.90. The fraction of sp³-hybridized carbons (Fsp3) is 0.130. The molecular formula is C23H22O4. The van der Waals surface area contributed by atoms with Gasteiger partial charge in [0.25, 0.3) is 0 Å². The lowest BCUT2D eigenvalue weighted by atomic mass is 10.0. The number of aryl methyl sites for hydroxylation is 3. The molecule has 0 fully saturated rings. The third kappa shape index (κ3) is 4.42. The van der Waals surface area contributed by atoms with Crippen LogP contribution in [-0.4, -0.2) is 20.4 Å². The fourth-order valence-corrected chi connectivity index (χ4v) is 3.00. The van der Waals surface area contributed by atoms with Crippen LogP contribution in [0.3, 0.4) is 0 Å². The molecule has 4 heteroatoms. The fourth-order valence-electron chi connectivity index (χ4n) is 3.00. The normalized spacial score (nSPS) is 11.1. The SMILES string of the molecule is Cc1cccc(CCc2cccc(C=Cc3c(O)c(O)cc(O)c3O)c2)c1. The molecule has 3 aromatic rings. The van der Waals surface area contributed by atoms with E-state index in [-0.39, 0.29) is 5.56 Å². The van der Waals surface area contributed by atoms with Crippen LogP contribution in [0.1, 0.15) is 27.8 Å². The van der Waals surface area contributed by atoms with E-state index in [1.54, 1.807) is 6.08 Å². The Morgan fingerprint density at radius 2 is 1.30 bits per heavy atom. The molecule has 3 rings (SSSR count). The van der Waals surface area contributed by atoms with Gasteiger partial charge < -0.3 is 20.4 Å². The van der Waals surface area contributed by atoms with E-state index in [0.29, 0.717) is 0 Å². The van der Waals surface area contributed by atoms with Crippen molar-refractivity contribution in [1.82, 2.24) is 0 Å². The van der Waals surface area contributed by atoms with Crippen molar-refractivity contribution in [3.8, 4) is 23.0 Å². The van der Waals surface area contributed by atoms with E-state index in [1.807, 2.05) is 18.2 Å². The van der Waals surface area contributed by atoms with Crippen molar-refractivity contribution in [1.29, 1.82) is 0 Å². The molecular weight excluding hydrogens is 340 g/mol. The zero-order valence-electron chi connectivity index (χ0n) is 15.1. The first kappa shape index (κ1) is 18.4. The Kier molecular flexibility index (Phi) is 5.36. The molecule has 0 aliphatic carbocycles. The smallest absolute Gasteiger partial charge is 0.168 e. The van der Waals surface area contributed by atoms with Crippen molar-refractivity contribution in [3.05, 3.63) is 82.4 Å². The van der Waals surface area contributed by atoms with Gasteiger partial charge in [-0.05, 0) is 42.5 Å². The van der Waals surface area contributed by atoms with Crippen molar-refractivity contribution < 1.29 is 20.4 Å². The maximum Gasteiger partial charge on any atom is 0.168 e. The molecule has 4 nitrogen and oxygen atoms in total. The number of phenolic OH excluding ortho intramolecular Hbond substituents is 4. The zero-order valence-corrected chi connectivity index (χ0v) is 15.1. The van der Waals surface area contributed by atoms with Crippen LogP contribution in [0.15, 0.2) is 54.6 Å². The number of hydrogen-bond acceptors (Lipinski definition) is 4. The molecule has 0 amide bonds. The van der Waals surface area contributed by atoms with E-state index >= 15 is 0 Å². The van der Waals surface area contributed by atoms with E-state index < -0.39 is 23.0 Å². The van der Waals surface area contributed by atoms with Crippen LogP contribution >= 0.6 is 0 Å². The van der Waals surface area contributed by atoms with E-state index in [0.717, 1.165) is 24.5 Å². The Morgan fingerprint density at radius 1 is 0.704 bits per heavy atom. The molecule has 0 saturated heterocycles. The lowest BCUT2D eigenvalue weighted by Crippen LogP contribution is -1.92. The molecule has 27 heavy (non-hydrogen) atoms.